The second-order valence-corrected chi connectivity index (χ2v) is 7.39. The van der Waals surface area contributed by atoms with E-state index in [0.29, 0.717) is 0 Å². The normalized spacial score (nSPS) is 26.3. The van der Waals surface area contributed by atoms with Gasteiger partial charge in [0.25, 0.3) is 0 Å². The molecule has 4 rings (SSSR count). The minimum atomic E-state index is -0.572. The summed E-state index contributed by atoms with van der Waals surface area (Å²) in [6, 6.07) is 12.6. The summed E-state index contributed by atoms with van der Waals surface area (Å²) in [5.74, 6) is 0.926. The summed E-state index contributed by atoms with van der Waals surface area (Å²) in [4.78, 5) is 2.46. The van der Waals surface area contributed by atoms with Gasteiger partial charge in [-0.3, -0.25) is 4.90 Å². The lowest BCUT2D eigenvalue weighted by atomic mass is 9.82. The van der Waals surface area contributed by atoms with Crippen molar-refractivity contribution in [3.05, 3.63) is 42.0 Å². The van der Waals surface area contributed by atoms with Crippen LogP contribution in [-0.2, 0) is 0 Å². The molecule has 2 aromatic rings. The smallest absolute Gasteiger partial charge is 0.131 e. The number of aliphatic hydroxyl groups is 1. The van der Waals surface area contributed by atoms with Gasteiger partial charge in [0.2, 0.25) is 0 Å². The van der Waals surface area contributed by atoms with E-state index in [9.17, 15) is 5.11 Å². The largest absolute Gasteiger partial charge is 0.485 e. The van der Waals surface area contributed by atoms with Crippen LogP contribution in [-0.4, -0.2) is 34.8 Å². The van der Waals surface area contributed by atoms with Crippen LogP contribution in [0.3, 0.4) is 0 Å². The first kappa shape index (κ1) is 17.5. The fraction of sp³-hybridized carbons (Fsp3) is 0.500. The van der Waals surface area contributed by atoms with Crippen LogP contribution in [0.4, 0.5) is 0 Å². The predicted octanol–water partition coefficient (Wildman–Crippen LogP) is 4.32. The van der Waals surface area contributed by atoms with Gasteiger partial charge in [-0.25, -0.2) is 0 Å². The molecule has 1 saturated heterocycles. The van der Waals surface area contributed by atoms with Gasteiger partial charge in [-0.1, -0.05) is 36.8 Å². The maximum atomic E-state index is 11.1. The van der Waals surface area contributed by atoms with Gasteiger partial charge in [0.1, 0.15) is 17.5 Å². The number of fused-ring (bicyclic) bond motifs is 3. The van der Waals surface area contributed by atoms with Crippen molar-refractivity contribution in [1.82, 2.24) is 4.90 Å². The van der Waals surface area contributed by atoms with E-state index in [1.807, 2.05) is 13.8 Å². The molecule has 0 amide bonds. The molecule has 0 radical (unpaired) electrons. The van der Waals surface area contributed by atoms with Crippen LogP contribution in [0.1, 0.15) is 44.7 Å². The molecule has 3 nitrogen and oxygen atoms in total. The number of hydrogen-bond acceptors (Lipinski definition) is 3. The van der Waals surface area contributed by atoms with Crippen LogP contribution in [0.15, 0.2) is 36.4 Å². The highest BCUT2D eigenvalue weighted by molar-refractivity contribution is 5.88. The van der Waals surface area contributed by atoms with Crippen molar-refractivity contribution < 1.29 is 9.84 Å². The number of likely N-dealkylation sites (tertiary alicyclic amines) is 1. The highest BCUT2D eigenvalue weighted by atomic mass is 35.5. The average molecular weight is 348 g/mol. The minimum Gasteiger partial charge on any atom is -0.485 e. The van der Waals surface area contributed by atoms with E-state index in [1.165, 1.54) is 30.0 Å². The lowest BCUT2D eigenvalue weighted by Crippen LogP contribution is -2.54. The molecule has 1 fully saturated rings. The van der Waals surface area contributed by atoms with E-state index in [-0.39, 0.29) is 18.4 Å². The molecule has 0 aliphatic carbocycles. The van der Waals surface area contributed by atoms with E-state index in [1.54, 1.807) is 0 Å². The second-order valence-electron chi connectivity index (χ2n) is 7.39. The van der Waals surface area contributed by atoms with Gasteiger partial charge in [-0.15, -0.1) is 12.4 Å². The number of nitrogens with zero attached hydrogens (tertiary/aromatic N) is 1. The third-order valence-electron chi connectivity index (χ3n) is 5.39. The van der Waals surface area contributed by atoms with Crippen LogP contribution in [0.25, 0.3) is 10.8 Å². The number of aliphatic hydroxyl groups excluding tert-OH is 1. The molecule has 4 heteroatoms. The number of hydrogen-bond donors (Lipinski definition) is 1. The molecule has 0 bridgehead atoms. The maximum Gasteiger partial charge on any atom is 0.131 e. The van der Waals surface area contributed by atoms with Crippen LogP contribution in [0.2, 0.25) is 0 Å². The Hall–Kier alpha value is -1.29. The van der Waals surface area contributed by atoms with Gasteiger partial charge in [-0.05, 0) is 56.6 Å². The Bertz CT molecular complexity index is 725. The van der Waals surface area contributed by atoms with E-state index < -0.39 is 11.7 Å². The molecule has 0 unspecified atom stereocenters. The Morgan fingerprint density at radius 1 is 1.04 bits per heavy atom. The third kappa shape index (κ3) is 2.79. The topological polar surface area (TPSA) is 32.7 Å². The van der Waals surface area contributed by atoms with E-state index in [4.69, 9.17) is 4.74 Å². The van der Waals surface area contributed by atoms with Gasteiger partial charge in [0.05, 0.1) is 6.04 Å². The molecule has 2 aliphatic rings. The molecule has 0 saturated carbocycles. The van der Waals surface area contributed by atoms with Crippen molar-refractivity contribution in [2.75, 3.05) is 13.1 Å². The fourth-order valence-corrected chi connectivity index (χ4v) is 4.13. The molecular weight excluding hydrogens is 322 g/mol. The summed E-state index contributed by atoms with van der Waals surface area (Å²) in [5, 5.41) is 13.5. The second kappa shape index (κ2) is 6.55. The van der Waals surface area contributed by atoms with Crippen molar-refractivity contribution in [2.24, 2.45) is 0 Å². The van der Waals surface area contributed by atoms with Crippen LogP contribution < -0.4 is 4.74 Å². The summed E-state index contributed by atoms with van der Waals surface area (Å²) in [5.41, 5.74) is 0.592. The number of rotatable bonds is 1. The first-order valence-electron chi connectivity index (χ1n) is 8.71. The molecule has 0 aromatic heterocycles. The third-order valence-corrected chi connectivity index (χ3v) is 5.39. The molecular formula is C20H26ClNO2. The zero-order valence-corrected chi connectivity index (χ0v) is 15.2. The van der Waals surface area contributed by atoms with Crippen molar-refractivity contribution in [1.29, 1.82) is 0 Å². The SMILES string of the molecule is CC1(C)Oc2ccc3ccccc3c2[C@@H](N2CCCCC2)[C@@H]1O.Cl. The Labute approximate surface area is 150 Å². The van der Waals surface area contributed by atoms with Gasteiger partial charge in [-0.2, -0.15) is 0 Å². The first-order chi connectivity index (χ1) is 11.1. The van der Waals surface area contributed by atoms with Gasteiger partial charge >= 0.3 is 0 Å². The number of halogens is 1. The van der Waals surface area contributed by atoms with E-state index in [0.717, 1.165) is 24.4 Å². The van der Waals surface area contributed by atoms with Crippen molar-refractivity contribution in [2.45, 2.75) is 50.9 Å². The van der Waals surface area contributed by atoms with Gasteiger partial charge in [0.15, 0.2) is 0 Å². The van der Waals surface area contributed by atoms with Crippen molar-refractivity contribution in [3.8, 4) is 5.75 Å². The van der Waals surface area contributed by atoms with Crippen LogP contribution in [0, 0.1) is 0 Å². The molecule has 1 N–H and O–H groups in total. The van der Waals surface area contributed by atoms with Crippen LogP contribution >= 0.6 is 12.4 Å². The zero-order valence-electron chi connectivity index (χ0n) is 14.4. The predicted molar refractivity (Wildman–Crippen MR) is 100 cm³/mol. The minimum absolute atomic E-state index is 0. The summed E-state index contributed by atoms with van der Waals surface area (Å²) in [6.45, 7) is 6.10. The van der Waals surface area contributed by atoms with Gasteiger partial charge in [0, 0.05) is 5.56 Å². The van der Waals surface area contributed by atoms with E-state index in [2.05, 4.69) is 41.3 Å². The average Bonchev–Trinajstić information content (AvgIpc) is 2.56. The maximum absolute atomic E-state index is 11.1. The molecule has 2 aliphatic heterocycles. The quantitative estimate of drug-likeness (QED) is 0.833. The zero-order chi connectivity index (χ0) is 16.0. The summed E-state index contributed by atoms with van der Waals surface area (Å²) < 4.78 is 6.18. The Balaban J connectivity index is 0.00000169. The Kier molecular flexibility index (Phi) is 4.78. The summed E-state index contributed by atoms with van der Waals surface area (Å²) in [6.07, 6.45) is 3.19. The number of benzene rings is 2. The number of piperidine rings is 1. The summed E-state index contributed by atoms with van der Waals surface area (Å²) >= 11 is 0. The highest BCUT2D eigenvalue weighted by Gasteiger charge is 2.46. The van der Waals surface area contributed by atoms with Crippen molar-refractivity contribution in [3.63, 3.8) is 0 Å². The fourth-order valence-electron chi connectivity index (χ4n) is 4.13. The lowest BCUT2D eigenvalue weighted by molar-refractivity contribution is -0.0954. The molecule has 24 heavy (non-hydrogen) atoms. The monoisotopic (exact) mass is 347 g/mol. The van der Waals surface area contributed by atoms with Gasteiger partial charge < -0.3 is 9.84 Å². The molecule has 130 valence electrons. The number of ether oxygens (including phenoxy) is 1. The first-order valence-corrected chi connectivity index (χ1v) is 8.71. The Morgan fingerprint density at radius 2 is 1.75 bits per heavy atom. The molecule has 2 atom stereocenters. The van der Waals surface area contributed by atoms with Crippen molar-refractivity contribution >= 4 is 23.2 Å². The standard InChI is InChI=1S/C20H25NO2.ClH/c1-20(2)19(22)18(21-12-6-3-7-13-21)17-15-9-5-4-8-14(15)10-11-16(17)23-20;/h4-5,8-11,18-19,22H,3,6-7,12-13H2,1-2H3;1H/t18-,19+;/m1./s1. The molecule has 2 heterocycles. The molecule has 2 aromatic carbocycles. The van der Waals surface area contributed by atoms with E-state index >= 15 is 0 Å². The summed E-state index contributed by atoms with van der Waals surface area (Å²) in [7, 11) is 0. The molecule has 0 spiro atoms. The van der Waals surface area contributed by atoms with Crippen LogP contribution in [0.5, 0.6) is 5.75 Å². The Morgan fingerprint density at radius 3 is 2.50 bits per heavy atom. The lowest BCUT2D eigenvalue weighted by Gasteiger charge is -2.47. The highest BCUT2D eigenvalue weighted by Crippen LogP contribution is 2.46.